The molecule has 1 aliphatic carbocycles. The van der Waals surface area contributed by atoms with E-state index in [4.69, 9.17) is 14.2 Å². The Bertz CT molecular complexity index is 1470. The molecule has 10 heteroatoms. The number of fused-ring (bicyclic) bond motifs is 2. The highest BCUT2D eigenvalue weighted by atomic mass is 19.4. The topological polar surface area (TPSA) is 80.3 Å². The summed E-state index contributed by atoms with van der Waals surface area (Å²) in [7, 11) is 1.43. The van der Waals surface area contributed by atoms with Gasteiger partial charge in [-0.1, -0.05) is 24.3 Å². The minimum absolute atomic E-state index is 0.0366. The van der Waals surface area contributed by atoms with E-state index >= 15 is 0 Å². The quantitative estimate of drug-likeness (QED) is 0.354. The van der Waals surface area contributed by atoms with Gasteiger partial charge in [-0.05, 0) is 66.3 Å². The monoisotopic (exact) mass is 568 g/mol. The standard InChI is InChI=1S/C31H31F3N2O5/c1-39-28-15-26(24(31(32,33)34)13-20(28)17-36-10-9-19(16-36)30(37)38)35-25-7-6-22-21(3-2-4-23(22)25)18-5-8-27-29(14-18)41-12-11-40-27/h2-5,8,13-15,19,25,35H,6-7,9-12,16-17H2,1H3,(H,37,38)/t19-,25-/m0/s1. The molecule has 6 rings (SSSR count). The third-order valence-electron chi connectivity index (χ3n) is 8.20. The molecule has 3 aromatic carbocycles. The Kier molecular flexibility index (Phi) is 7.19. The Hall–Kier alpha value is -3.92. The molecular formula is C31H31F3N2O5. The first-order valence-electron chi connectivity index (χ1n) is 13.7. The number of nitrogens with one attached hydrogen (secondary N) is 1. The third kappa shape index (κ3) is 5.40. The molecule has 2 aliphatic heterocycles. The van der Waals surface area contributed by atoms with Gasteiger partial charge in [0.2, 0.25) is 0 Å². The predicted octanol–water partition coefficient (Wildman–Crippen LogP) is 6.16. The second-order valence-electron chi connectivity index (χ2n) is 10.7. The molecule has 0 radical (unpaired) electrons. The Labute approximate surface area is 235 Å². The summed E-state index contributed by atoms with van der Waals surface area (Å²) in [4.78, 5) is 13.2. The molecule has 2 heterocycles. The summed E-state index contributed by atoms with van der Waals surface area (Å²) >= 11 is 0. The number of likely N-dealkylation sites (tertiary alicyclic amines) is 1. The zero-order valence-corrected chi connectivity index (χ0v) is 22.6. The molecule has 7 nitrogen and oxygen atoms in total. The Balaban J connectivity index is 1.29. The van der Waals surface area contributed by atoms with E-state index in [1.807, 2.05) is 41.3 Å². The lowest BCUT2D eigenvalue weighted by Crippen LogP contribution is -2.23. The van der Waals surface area contributed by atoms with E-state index in [1.165, 1.54) is 13.2 Å². The molecule has 3 aliphatic rings. The molecule has 41 heavy (non-hydrogen) atoms. The van der Waals surface area contributed by atoms with Crippen molar-refractivity contribution in [2.24, 2.45) is 5.92 Å². The van der Waals surface area contributed by atoms with Gasteiger partial charge in [-0.25, -0.2) is 0 Å². The number of carbonyl (C=O) groups is 1. The number of halogens is 3. The summed E-state index contributed by atoms with van der Waals surface area (Å²) in [5.74, 6) is 0.328. The van der Waals surface area contributed by atoms with Crippen LogP contribution in [0.1, 0.15) is 41.1 Å². The van der Waals surface area contributed by atoms with Crippen molar-refractivity contribution in [2.75, 3.05) is 38.7 Å². The van der Waals surface area contributed by atoms with Crippen molar-refractivity contribution in [3.63, 3.8) is 0 Å². The highest BCUT2D eigenvalue weighted by Crippen LogP contribution is 2.45. The number of anilines is 1. The van der Waals surface area contributed by atoms with Gasteiger partial charge < -0.3 is 24.6 Å². The fourth-order valence-corrected chi connectivity index (χ4v) is 6.18. The number of rotatable bonds is 7. The predicted molar refractivity (Wildman–Crippen MR) is 147 cm³/mol. The maximum Gasteiger partial charge on any atom is 0.418 e. The zero-order chi connectivity index (χ0) is 28.7. The third-order valence-corrected chi connectivity index (χ3v) is 8.20. The Morgan fingerprint density at radius 1 is 1.10 bits per heavy atom. The van der Waals surface area contributed by atoms with Crippen molar-refractivity contribution < 1.29 is 37.3 Å². The fraction of sp³-hybridized carbons (Fsp3) is 0.387. The highest BCUT2D eigenvalue weighted by molar-refractivity contribution is 5.73. The van der Waals surface area contributed by atoms with Crippen molar-refractivity contribution >= 4 is 11.7 Å². The highest BCUT2D eigenvalue weighted by Gasteiger charge is 2.37. The summed E-state index contributed by atoms with van der Waals surface area (Å²) in [6.45, 7) is 1.98. The number of alkyl halides is 3. The summed E-state index contributed by atoms with van der Waals surface area (Å²) in [6.07, 6.45) is -2.76. The van der Waals surface area contributed by atoms with Crippen LogP contribution in [-0.2, 0) is 23.9 Å². The maximum absolute atomic E-state index is 14.3. The first-order valence-corrected chi connectivity index (χ1v) is 13.7. The number of aliphatic carboxylic acids is 1. The first-order chi connectivity index (χ1) is 19.7. The number of hydrogen-bond acceptors (Lipinski definition) is 6. The van der Waals surface area contributed by atoms with Crippen molar-refractivity contribution in [2.45, 2.75) is 38.0 Å². The van der Waals surface area contributed by atoms with Crippen LogP contribution in [0.15, 0.2) is 48.5 Å². The van der Waals surface area contributed by atoms with Gasteiger partial charge in [-0.15, -0.1) is 0 Å². The second kappa shape index (κ2) is 10.8. The van der Waals surface area contributed by atoms with Gasteiger partial charge >= 0.3 is 12.1 Å². The Morgan fingerprint density at radius 3 is 2.63 bits per heavy atom. The second-order valence-corrected chi connectivity index (χ2v) is 10.7. The van der Waals surface area contributed by atoms with Crippen LogP contribution in [0, 0.1) is 5.92 Å². The van der Waals surface area contributed by atoms with E-state index in [0.29, 0.717) is 68.4 Å². The molecule has 0 unspecified atom stereocenters. The van der Waals surface area contributed by atoms with Crippen molar-refractivity contribution in [3.05, 3.63) is 70.8 Å². The number of ether oxygens (including phenoxy) is 3. The normalized spacial score (nSPS) is 20.1. The van der Waals surface area contributed by atoms with Crippen LogP contribution in [-0.4, -0.2) is 49.4 Å². The van der Waals surface area contributed by atoms with Crippen molar-refractivity contribution in [1.82, 2.24) is 4.90 Å². The molecule has 2 atom stereocenters. The average molecular weight is 569 g/mol. The van der Waals surface area contributed by atoms with Crippen LogP contribution < -0.4 is 19.5 Å². The van der Waals surface area contributed by atoms with Crippen LogP contribution in [0.4, 0.5) is 18.9 Å². The van der Waals surface area contributed by atoms with Crippen LogP contribution in [0.5, 0.6) is 17.2 Å². The molecule has 1 fully saturated rings. The largest absolute Gasteiger partial charge is 0.496 e. The molecular weight excluding hydrogens is 537 g/mol. The summed E-state index contributed by atoms with van der Waals surface area (Å²) in [5, 5.41) is 12.5. The van der Waals surface area contributed by atoms with E-state index in [-0.39, 0.29) is 18.3 Å². The molecule has 1 saturated heterocycles. The van der Waals surface area contributed by atoms with E-state index in [1.54, 1.807) is 0 Å². The van der Waals surface area contributed by atoms with Crippen LogP contribution in [0.3, 0.4) is 0 Å². The minimum Gasteiger partial charge on any atom is -0.496 e. The molecule has 216 valence electrons. The number of carboxylic acid groups (broad SMARTS) is 1. The van der Waals surface area contributed by atoms with Crippen molar-refractivity contribution in [3.8, 4) is 28.4 Å². The molecule has 2 N–H and O–H groups in total. The average Bonchev–Trinajstić information content (AvgIpc) is 3.60. The molecule has 0 bridgehead atoms. The van der Waals surface area contributed by atoms with Gasteiger partial charge in [0.15, 0.2) is 11.5 Å². The number of benzene rings is 3. The fourth-order valence-electron chi connectivity index (χ4n) is 6.18. The molecule has 0 spiro atoms. The van der Waals surface area contributed by atoms with Gasteiger partial charge in [0.05, 0.1) is 30.3 Å². The van der Waals surface area contributed by atoms with Crippen LogP contribution in [0.25, 0.3) is 11.1 Å². The first kappa shape index (κ1) is 27.3. The lowest BCUT2D eigenvalue weighted by molar-refractivity contribution is -0.141. The smallest absolute Gasteiger partial charge is 0.418 e. The lowest BCUT2D eigenvalue weighted by atomic mass is 9.96. The molecule has 3 aromatic rings. The number of carboxylic acids is 1. The van der Waals surface area contributed by atoms with Gasteiger partial charge in [-0.2, -0.15) is 13.2 Å². The summed E-state index contributed by atoms with van der Waals surface area (Å²) in [5.41, 5.74) is 3.64. The van der Waals surface area contributed by atoms with Gasteiger partial charge in [0, 0.05) is 24.7 Å². The van der Waals surface area contributed by atoms with E-state index < -0.39 is 23.6 Å². The van der Waals surface area contributed by atoms with Crippen molar-refractivity contribution in [1.29, 1.82) is 0 Å². The van der Waals surface area contributed by atoms with Gasteiger partial charge in [-0.3, -0.25) is 9.69 Å². The lowest BCUT2D eigenvalue weighted by Gasteiger charge is -2.24. The van der Waals surface area contributed by atoms with Gasteiger partial charge in [0.25, 0.3) is 0 Å². The molecule has 0 aromatic heterocycles. The maximum atomic E-state index is 14.3. The number of nitrogens with zero attached hydrogens (tertiary/aromatic N) is 1. The zero-order valence-electron chi connectivity index (χ0n) is 22.6. The van der Waals surface area contributed by atoms with E-state index in [9.17, 15) is 23.1 Å². The Morgan fingerprint density at radius 2 is 1.90 bits per heavy atom. The summed E-state index contributed by atoms with van der Waals surface area (Å²) in [6, 6.07) is 14.0. The summed E-state index contributed by atoms with van der Waals surface area (Å²) < 4.78 is 60.0. The minimum atomic E-state index is -4.59. The van der Waals surface area contributed by atoms with Crippen LogP contribution in [0.2, 0.25) is 0 Å². The van der Waals surface area contributed by atoms with E-state index in [0.717, 1.165) is 28.3 Å². The number of methoxy groups -OCH3 is 1. The number of hydrogen-bond donors (Lipinski definition) is 2. The molecule has 0 amide bonds. The SMILES string of the molecule is COc1cc(N[C@H]2CCc3c(-c4ccc5c(c4)OCCO5)cccc32)c(C(F)(F)F)cc1CN1CC[C@H](C(=O)O)C1. The van der Waals surface area contributed by atoms with E-state index in [2.05, 4.69) is 5.32 Å². The molecule has 0 saturated carbocycles. The van der Waals surface area contributed by atoms with Gasteiger partial charge in [0.1, 0.15) is 19.0 Å². The van der Waals surface area contributed by atoms with Crippen LogP contribution >= 0.6 is 0 Å².